The molecule has 0 aliphatic carbocycles. The molecule has 1 aliphatic rings. The van der Waals surface area contributed by atoms with Gasteiger partial charge in [-0.1, -0.05) is 30.3 Å². The Balaban J connectivity index is 1.60. The van der Waals surface area contributed by atoms with E-state index in [-0.39, 0.29) is 36.4 Å². The lowest BCUT2D eigenvalue weighted by atomic mass is 9.94. The summed E-state index contributed by atoms with van der Waals surface area (Å²) in [6.45, 7) is 7.15. The molecule has 2 unspecified atom stereocenters. The van der Waals surface area contributed by atoms with Crippen LogP contribution >= 0.6 is 0 Å². The van der Waals surface area contributed by atoms with Gasteiger partial charge >= 0.3 is 0 Å². The van der Waals surface area contributed by atoms with Gasteiger partial charge in [0.25, 0.3) is 0 Å². The lowest BCUT2D eigenvalue weighted by Crippen LogP contribution is -2.52. The van der Waals surface area contributed by atoms with E-state index < -0.39 is 12.0 Å². The molecule has 1 aliphatic heterocycles. The van der Waals surface area contributed by atoms with Gasteiger partial charge in [0.15, 0.2) is 0 Å². The van der Waals surface area contributed by atoms with Crippen LogP contribution in [0, 0.1) is 13.8 Å². The van der Waals surface area contributed by atoms with Crippen LogP contribution in [0.2, 0.25) is 0 Å². The van der Waals surface area contributed by atoms with E-state index in [9.17, 15) is 19.5 Å². The molecule has 1 saturated heterocycles. The van der Waals surface area contributed by atoms with Crippen LogP contribution in [-0.2, 0) is 14.4 Å². The summed E-state index contributed by atoms with van der Waals surface area (Å²) in [5, 5.41) is 12.5. The van der Waals surface area contributed by atoms with Crippen LogP contribution in [0.5, 0.6) is 5.75 Å². The maximum Gasteiger partial charge on any atom is 0.232 e. The summed E-state index contributed by atoms with van der Waals surface area (Å²) < 4.78 is 0. The molecule has 2 aromatic rings. The number of phenolic OH excluding ortho intramolecular Hbond substituents is 1. The number of hydrogen-bond donors (Lipinski definition) is 3. The number of carbonyl (C=O) groups is 3. The first-order valence-electron chi connectivity index (χ1n) is 11.6. The topological polar surface area (TPSA) is 116 Å². The summed E-state index contributed by atoms with van der Waals surface area (Å²) in [4.78, 5) is 41.2. The van der Waals surface area contributed by atoms with Crippen molar-refractivity contribution in [3.63, 3.8) is 0 Å². The van der Waals surface area contributed by atoms with E-state index in [1.807, 2.05) is 44.2 Å². The number of nitrogens with zero attached hydrogens (tertiary/aromatic N) is 2. The predicted molar refractivity (Wildman–Crippen MR) is 130 cm³/mol. The van der Waals surface area contributed by atoms with Gasteiger partial charge in [-0.3, -0.25) is 14.4 Å². The molecule has 4 N–H and O–H groups in total. The highest BCUT2D eigenvalue weighted by molar-refractivity contribution is 5.85. The number of aryl methyl sites for hydroxylation is 2. The Hall–Kier alpha value is -3.39. The minimum atomic E-state index is -0.471. The van der Waals surface area contributed by atoms with Crippen molar-refractivity contribution in [3.8, 4) is 5.75 Å². The minimum absolute atomic E-state index is 0.0515. The van der Waals surface area contributed by atoms with Gasteiger partial charge in [0, 0.05) is 52.1 Å². The number of nitrogens with two attached hydrogens (primary N) is 1. The second-order valence-electron chi connectivity index (χ2n) is 8.91. The molecule has 8 nitrogen and oxygen atoms in total. The van der Waals surface area contributed by atoms with E-state index in [1.165, 1.54) is 6.92 Å². The molecule has 34 heavy (non-hydrogen) atoms. The van der Waals surface area contributed by atoms with Crippen LogP contribution in [-0.4, -0.2) is 65.4 Å². The standard InChI is InChI=1S/C26H34N4O4/c1-17-13-21(32)14-18(2)25(17)23(27)15-24(33)29-9-11-30(12-10-29)26(34)22(16-28-19(3)31)20-7-5-4-6-8-20/h4-8,13-14,22-23,32H,9-12,15-16,27H2,1-3H3,(H,28,31). The van der Waals surface area contributed by atoms with Crippen molar-refractivity contribution in [2.75, 3.05) is 32.7 Å². The van der Waals surface area contributed by atoms with Crippen molar-refractivity contribution in [3.05, 3.63) is 64.7 Å². The number of nitrogens with one attached hydrogen (secondary N) is 1. The highest BCUT2D eigenvalue weighted by Crippen LogP contribution is 2.27. The molecule has 3 amide bonds. The van der Waals surface area contributed by atoms with Crippen molar-refractivity contribution in [1.29, 1.82) is 0 Å². The predicted octanol–water partition coefficient (Wildman–Crippen LogP) is 1.99. The van der Waals surface area contributed by atoms with Gasteiger partial charge < -0.3 is 26.0 Å². The number of aromatic hydroxyl groups is 1. The number of hydrogen-bond acceptors (Lipinski definition) is 5. The Labute approximate surface area is 200 Å². The van der Waals surface area contributed by atoms with E-state index in [2.05, 4.69) is 5.32 Å². The Morgan fingerprint density at radius 3 is 2.12 bits per heavy atom. The Morgan fingerprint density at radius 2 is 1.56 bits per heavy atom. The molecule has 2 aromatic carbocycles. The second-order valence-corrected chi connectivity index (χ2v) is 8.91. The molecular formula is C26H34N4O4. The zero-order valence-electron chi connectivity index (χ0n) is 20.1. The summed E-state index contributed by atoms with van der Waals surface area (Å²) >= 11 is 0. The van der Waals surface area contributed by atoms with Crippen molar-refractivity contribution in [1.82, 2.24) is 15.1 Å². The van der Waals surface area contributed by atoms with E-state index in [1.54, 1.807) is 21.9 Å². The smallest absolute Gasteiger partial charge is 0.232 e. The Kier molecular flexibility index (Phi) is 8.28. The molecule has 0 spiro atoms. The summed E-state index contributed by atoms with van der Waals surface area (Å²) in [5.74, 6) is -0.574. The minimum Gasteiger partial charge on any atom is -0.508 e. The van der Waals surface area contributed by atoms with Gasteiger partial charge in [0.2, 0.25) is 17.7 Å². The van der Waals surface area contributed by atoms with Gasteiger partial charge in [0.1, 0.15) is 5.75 Å². The number of carbonyl (C=O) groups excluding carboxylic acids is 3. The first kappa shape index (κ1) is 25.2. The van der Waals surface area contributed by atoms with Crippen LogP contribution in [0.15, 0.2) is 42.5 Å². The fourth-order valence-corrected chi connectivity index (χ4v) is 4.63. The first-order valence-corrected chi connectivity index (χ1v) is 11.6. The number of rotatable bonds is 7. The quantitative estimate of drug-likeness (QED) is 0.577. The average molecular weight is 467 g/mol. The monoisotopic (exact) mass is 466 g/mol. The van der Waals surface area contributed by atoms with Crippen LogP contribution in [0.25, 0.3) is 0 Å². The zero-order chi connectivity index (χ0) is 24.8. The Morgan fingerprint density at radius 1 is 1.00 bits per heavy atom. The second kappa shape index (κ2) is 11.2. The fourth-order valence-electron chi connectivity index (χ4n) is 4.63. The van der Waals surface area contributed by atoms with Crippen LogP contribution in [0.1, 0.15) is 47.6 Å². The molecule has 3 rings (SSSR count). The van der Waals surface area contributed by atoms with Gasteiger partial charge in [-0.25, -0.2) is 0 Å². The van der Waals surface area contributed by atoms with Gasteiger partial charge in [-0.15, -0.1) is 0 Å². The van der Waals surface area contributed by atoms with Crippen LogP contribution in [0.4, 0.5) is 0 Å². The van der Waals surface area contributed by atoms with E-state index in [0.717, 1.165) is 22.3 Å². The van der Waals surface area contributed by atoms with Crippen molar-refractivity contribution in [2.45, 2.75) is 39.2 Å². The van der Waals surface area contributed by atoms with E-state index >= 15 is 0 Å². The lowest BCUT2D eigenvalue weighted by Gasteiger charge is -2.37. The molecule has 0 bridgehead atoms. The van der Waals surface area contributed by atoms with E-state index in [0.29, 0.717) is 26.2 Å². The fraction of sp³-hybridized carbons (Fsp3) is 0.423. The molecule has 182 valence electrons. The SMILES string of the molecule is CC(=O)NCC(C(=O)N1CCN(C(=O)CC(N)c2c(C)cc(O)cc2C)CC1)c1ccccc1. The maximum absolute atomic E-state index is 13.3. The third kappa shape index (κ3) is 6.14. The highest BCUT2D eigenvalue weighted by atomic mass is 16.3. The molecule has 8 heteroatoms. The normalized spacial score (nSPS) is 15.5. The molecule has 2 atom stereocenters. The van der Waals surface area contributed by atoms with Gasteiger partial charge in [-0.2, -0.15) is 0 Å². The number of amides is 3. The molecule has 0 radical (unpaired) electrons. The third-order valence-corrected chi connectivity index (χ3v) is 6.34. The number of benzene rings is 2. The van der Waals surface area contributed by atoms with Crippen molar-refractivity contribution in [2.24, 2.45) is 5.73 Å². The highest BCUT2D eigenvalue weighted by Gasteiger charge is 2.30. The maximum atomic E-state index is 13.3. The van der Waals surface area contributed by atoms with E-state index in [4.69, 9.17) is 5.73 Å². The van der Waals surface area contributed by atoms with Crippen LogP contribution < -0.4 is 11.1 Å². The Bertz CT molecular complexity index is 1010. The van der Waals surface area contributed by atoms with Crippen LogP contribution in [0.3, 0.4) is 0 Å². The first-order chi connectivity index (χ1) is 16.2. The average Bonchev–Trinajstić information content (AvgIpc) is 2.79. The van der Waals surface area contributed by atoms with Crippen molar-refractivity contribution >= 4 is 17.7 Å². The number of phenols is 1. The molecule has 0 saturated carbocycles. The largest absolute Gasteiger partial charge is 0.508 e. The summed E-state index contributed by atoms with van der Waals surface area (Å²) in [6.07, 6.45) is 0.162. The van der Waals surface area contributed by atoms with Gasteiger partial charge in [0.05, 0.1) is 5.92 Å². The molecule has 0 aromatic heterocycles. The number of piperazine rings is 1. The third-order valence-electron chi connectivity index (χ3n) is 6.34. The molecule has 1 heterocycles. The zero-order valence-corrected chi connectivity index (χ0v) is 20.1. The lowest BCUT2D eigenvalue weighted by molar-refractivity contribution is -0.140. The van der Waals surface area contributed by atoms with Gasteiger partial charge in [-0.05, 0) is 48.2 Å². The molecular weight excluding hydrogens is 432 g/mol. The summed E-state index contributed by atoms with van der Waals surface area (Å²) in [5.41, 5.74) is 9.82. The summed E-state index contributed by atoms with van der Waals surface area (Å²) in [6, 6.07) is 12.3. The molecule has 1 fully saturated rings. The van der Waals surface area contributed by atoms with Crippen molar-refractivity contribution < 1.29 is 19.5 Å². The summed E-state index contributed by atoms with van der Waals surface area (Å²) in [7, 11) is 0.